The molecule has 20 heavy (non-hydrogen) atoms. The van der Waals surface area contributed by atoms with E-state index in [9.17, 15) is 8.42 Å². The van der Waals surface area contributed by atoms with Crippen LogP contribution < -0.4 is 10.0 Å². The number of aryl methyl sites for hydroxylation is 2. The molecule has 0 bridgehead atoms. The number of anilines is 1. The molecule has 4 nitrogen and oxygen atoms in total. The summed E-state index contributed by atoms with van der Waals surface area (Å²) < 4.78 is 28.2. The lowest BCUT2D eigenvalue weighted by Gasteiger charge is -2.20. The van der Waals surface area contributed by atoms with E-state index in [1.54, 1.807) is 0 Å². The summed E-state index contributed by atoms with van der Waals surface area (Å²) in [6.07, 6.45) is 3.14. The van der Waals surface area contributed by atoms with Gasteiger partial charge in [-0.05, 0) is 55.9 Å². The van der Waals surface area contributed by atoms with Gasteiger partial charge in [-0.15, -0.1) is 0 Å². The van der Waals surface area contributed by atoms with Gasteiger partial charge in [0.15, 0.2) is 0 Å². The Morgan fingerprint density at radius 1 is 1.15 bits per heavy atom. The quantitative estimate of drug-likeness (QED) is 0.898. The maximum Gasteiger partial charge on any atom is 0.241 e. The number of hydrogen-bond donors (Lipinski definition) is 2. The Bertz CT molecular complexity index is 573. The van der Waals surface area contributed by atoms with Crippen molar-refractivity contribution in [3.05, 3.63) is 23.3 Å². The lowest BCUT2D eigenvalue weighted by molar-refractivity contribution is 0.476. The molecule has 2 N–H and O–H groups in total. The first kappa shape index (κ1) is 15.3. The largest absolute Gasteiger partial charge is 0.388 e. The summed E-state index contributed by atoms with van der Waals surface area (Å²) in [5.74, 6) is 0.418. The molecule has 112 valence electrons. The Labute approximate surface area is 122 Å². The fraction of sp³-hybridized carbons (Fsp3) is 0.600. The summed E-state index contributed by atoms with van der Waals surface area (Å²) >= 11 is 0. The molecule has 1 saturated carbocycles. The molecule has 0 aromatic heterocycles. The minimum absolute atomic E-state index is 0.0720. The van der Waals surface area contributed by atoms with Gasteiger partial charge in [0.05, 0.1) is 4.90 Å². The van der Waals surface area contributed by atoms with Gasteiger partial charge in [-0.25, -0.2) is 13.1 Å². The van der Waals surface area contributed by atoms with Crippen LogP contribution in [0.4, 0.5) is 5.69 Å². The Balaban J connectivity index is 2.34. The average molecular weight is 296 g/mol. The third-order valence-electron chi connectivity index (χ3n) is 4.19. The molecule has 5 heteroatoms. The first-order valence-corrected chi connectivity index (χ1v) is 8.65. The van der Waals surface area contributed by atoms with Gasteiger partial charge in [0.1, 0.15) is 0 Å². The highest BCUT2D eigenvalue weighted by atomic mass is 32.2. The molecule has 0 amide bonds. The van der Waals surface area contributed by atoms with Crippen molar-refractivity contribution in [2.75, 3.05) is 12.4 Å². The highest BCUT2D eigenvalue weighted by Crippen LogP contribution is 2.29. The van der Waals surface area contributed by atoms with Gasteiger partial charge in [-0.2, -0.15) is 0 Å². The molecule has 0 radical (unpaired) electrons. The Hall–Kier alpha value is -1.07. The number of rotatable bonds is 4. The van der Waals surface area contributed by atoms with Crippen LogP contribution in [0.3, 0.4) is 0 Å². The maximum absolute atomic E-state index is 12.6. The summed E-state index contributed by atoms with van der Waals surface area (Å²) in [5.41, 5.74) is 2.51. The van der Waals surface area contributed by atoms with Gasteiger partial charge in [-0.3, -0.25) is 0 Å². The molecule has 2 atom stereocenters. The molecule has 1 aromatic carbocycles. The molecule has 2 rings (SSSR count). The second-order valence-electron chi connectivity index (χ2n) is 5.83. The molecule has 0 heterocycles. The summed E-state index contributed by atoms with van der Waals surface area (Å²) in [4.78, 5) is 0.426. The van der Waals surface area contributed by atoms with Crippen molar-refractivity contribution in [2.24, 2.45) is 5.92 Å². The number of benzene rings is 1. The zero-order chi connectivity index (χ0) is 14.9. The van der Waals surface area contributed by atoms with Crippen LogP contribution in [0.5, 0.6) is 0 Å². The minimum atomic E-state index is -3.44. The first-order chi connectivity index (χ1) is 9.35. The number of nitrogens with one attached hydrogen (secondary N) is 2. The van der Waals surface area contributed by atoms with Gasteiger partial charge in [0.25, 0.3) is 0 Å². The van der Waals surface area contributed by atoms with Crippen molar-refractivity contribution in [3.63, 3.8) is 0 Å². The maximum atomic E-state index is 12.6. The van der Waals surface area contributed by atoms with E-state index >= 15 is 0 Å². The van der Waals surface area contributed by atoms with Gasteiger partial charge >= 0.3 is 0 Å². The molecule has 2 unspecified atom stereocenters. The molecular weight excluding hydrogens is 272 g/mol. The first-order valence-electron chi connectivity index (χ1n) is 7.16. The normalized spacial score (nSPS) is 23.0. The fourth-order valence-electron chi connectivity index (χ4n) is 3.10. The van der Waals surface area contributed by atoms with Crippen molar-refractivity contribution >= 4 is 15.7 Å². The van der Waals surface area contributed by atoms with Crippen LogP contribution in [0.1, 0.15) is 37.3 Å². The molecule has 0 spiro atoms. The molecule has 0 saturated heterocycles. The second kappa shape index (κ2) is 5.74. The third-order valence-corrected chi connectivity index (χ3v) is 5.98. The van der Waals surface area contributed by atoms with Crippen molar-refractivity contribution in [1.29, 1.82) is 0 Å². The topological polar surface area (TPSA) is 58.2 Å². The van der Waals surface area contributed by atoms with E-state index in [-0.39, 0.29) is 6.04 Å². The molecule has 1 aromatic rings. The zero-order valence-corrected chi connectivity index (χ0v) is 13.5. The standard InChI is InChI=1S/C15H24N2O2S/c1-10-6-5-7-14(10)17-20(18,19)15-11(2)8-13(16-4)9-12(15)3/h8-10,14,16-17H,5-7H2,1-4H3. The summed E-state index contributed by atoms with van der Waals surface area (Å²) in [6.45, 7) is 5.81. The predicted molar refractivity (Wildman–Crippen MR) is 82.6 cm³/mol. The molecular formula is C15H24N2O2S. The summed E-state index contributed by atoms with van der Waals surface area (Å²) in [7, 11) is -1.61. The van der Waals surface area contributed by atoms with Crippen LogP contribution >= 0.6 is 0 Å². The number of hydrogen-bond acceptors (Lipinski definition) is 3. The van der Waals surface area contributed by atoms with E-state index < -0.39 is 10.0 Å². The van der Waals surface area contributed by atoms with Gasteiger partial charge < -0.3 is 5.32 Å². The van der Waals surface area contributed by atoms with Crippen LogP contribution in [-0.2, 0) is 10.0 Å². The second-order valence-corrected chi connectivity index (χ2v) is 7.48. The fourth-order valence-corrected chi connectivity index (χ4v) is 4.93. The molecule has 1 aliphatic carbocycles. The minimum Gasteiger partial charge on any atom is -0.388 e. The third kappa shape index (κ3) is 2.99. The van der Waals surface area contributed by atoms with Crippen molar-refractivity contribution < 1.29 is 8.42 Å². The summed E-state index contributed by atoms with van der Waals surface area (Å²) in [6, 6.07) is 3.82. The monoisotopic (exact) mass is 296 g/mol. The molecule has 1 fully saturated rings. The van der Waals surface area contributed by atoms with Gasteiger partial charge in [-0.1, -0.05) is 13.3 Å². The predicted octanol–water partition coefficient (Wildman–Crippen LogP) is 2.81. The van der Waals surface area contributed by atoms with Crippen molar-refractivity contribution in [2.45, 2.75) is 51.0 Å². The van der Waals surface area contributed by atoms with E-state index in [2.05, 4.69) is 17.0 Å². The van der Waals surface area contributed by atoms with Crippen LogP contribution in [0.25, 0.3) is 0 Å². The van der Waals surface area contributed by atoms with Crippen molar-refractivity contribution in [1.82, 2.24) is 4.72 Å². The van der Waals surface area contributed by atoms with E-state index in [1.165, 1.54) is 0 Å². The Morgan fingerprint density at radius 3 is 2.20 bits per heavy atom. The van der Waals surface area contributed by atoms with E-state index in [4.69, 9.17) is 0 Å². The molecule has 0 aliphatic heterocycles. The lowest BCUT2D eigenvalue weighted by Crippen LogP contribution is -2.37. The van der Waals surface area contributed by atoms with Crippen LogP contribution in [-0.4, -0.2) is 21.5 Å². The Kier molecular flexibility index (Phi) is 4.39. The van der Waals surface area contributed by atoms with E-state index in [0.29, 0.717) is 10.8 Å². The van der Waals surface area contributed by atoms with Crippen LogP contribution in [0.2, 0.25) is 0 Å². The van der Waals surface area contributed by atoms with Crippen LogP contribution in [0, 0.1) is 19.8 Å². The summed E-state index contributed by atoms with van der Waals surface area (Å²) in [5, 5.41) is 3.05. The smallest absolute Gasteiger partial charge is 0.241 e. The van der Waals surface area contributed by atoms with Crippen LogP contribution in [0.15, 0.2) is 17.0 Å². The Morgan fingerprint density at radius 2 is 1.75 bits per heavy atom. The van der Waals surface area contributed by atoms with Gasteiger partial charge in [0, 0.05) is 18.8 Å². The van der Waals surface area contributed by atoms with Gasteiger partial charge in [0.2, 0.25) is 10.0 Å². The van der Waals surface area contributed by atoms with Crippen molar-refractivity contribution in [3.8, 4) is 0 Å². The average Bonchev–Trinajstić information content (AvgIpc) is 2.72. The van der Waals surface area contributed by atoms with E-state index in [0.717, 1.165) is 36.1 Å². The highest BCUT2D eigenvalue weighted by molar-refractivity contribution is 7.89. The zero-order valence-electron chi connectivity index (χ0n) is 12.7. The van der Waals surface area contributed by atoms with E-state index in [1.807, 2.05) is 33.0 Å². The highest BCUT2D eigenvalue weighted by Gasteiger charge is 2.29. The lowest BCUT2D eigenvalue weighted by atomic mass is 10.1. The SMILES string of the molecule is CNc1cc(C)c(S(=O)(=O)NC2CCCC2C)c(C)c1. The molecule has 1 aliphatic rings. The number of sulfonamides is 1.